The van der Waals surface area contributed by atoms with E-state index < -0.39 is 17.7 Å². The van der Waals surface area contributed by atoms with Crippen molar-refractivity contribution in [2.75, 3.05) is 78.2 Å². The highest BCUT2D eigenvalue weighted by Gasteiger charge is 2.65. The van der Waals surface area contributed by atoms with Gasteiger partial charge in [0.25, 0.3) is 5.91 Å². The smallest absolute Gasteiger partial charge is 0.379 e. The molecule has 0 fully saturated rings. The summed E-state index contributed by atoms with van der Waals surface area (Å²) in [5.41, 5.74) is -2.35. The molecule has 0 saturated carbocycles. The Morgan fingerprint density at radius 2 is 1.07 bits per heavy atom. The average Bonchev–Trinajstić information content (AvgIpc) is 3.87. The highest BCUT2D eigenvalue weighted by Crippen LogP contribution is 2.52. The van der Waals surface area contributed by atoms with Gasteiger partial charge in [0.15, 0.2) is 0 Å². The summed E-state index contributed by atoms with van der Waals surface area (Å²) in [6.45, 7) is 6.04. The third-order valence-corrected chi connectivity index (χ3v) is 7.88. The van der Waals surface area contributed by atoms with E-state index in [0.717, 1.165) is 25.3 Å². The van der Waals surface area contributed by atoms with Crippen molar-refractivity contribution in [2.24, 2.45) is 10.2 Å². The fraction of sp³-hybridized carbons (Fsp3) is 0.788. The lowest BCUT2D eigenvalue weighted by Gasteiger charge is -2.15. The molecule has 46 heavy (non-hydrogen) atoms. The lowest BCUT2D eigenvalue weighted by atomic mass is 10.0. The summed E-state index contributed by atoms with van der Waals surface area (Å²) >= 11 is 4.25. The van der Waals surface area contributed by atoms with E-state index in [1.165, 1.54) is 94.9 Å². The maximum atomic E-state index is 13.1. The molecule has 1 amide bonds. The van der Waals surface area contributed by atoms with E-state index in [9.17, 15) is 18.0 Å². The number of carbonyl (C=O) groups is 1. The van der Waals surface area contributed by atoms with Crippen molar-refractivity contribution in [2.45, 2.75) is 88.9 Å². The molecule has 0 aliphatic carbocycles. The fourth-order valence-corrected chi connectivity index (χ4v) is 5.00. The Morgan fingerprint density at radius 1 is 0.630 bits per heavy atom. The number of nitrogens with one attached hydrogen (secondary N) is 2. The van der Waals surface area contributed by atoms with Crippen molar-refractivity contribution in [1.29, 1.82) is 0 Å². The number of unbranched alkanes of at least 4 members (excludes halogenated alkanes) is 11. The van der Waals surface area contributed by atoms with Gasteiger partial charge >= 0.3 is 11.8 Å². The van der Waals surface area contributed by atoms with Crippen molar-refractivity contribution >= 4 is 18.5 Å². The van der Waals surface area contributed by atoms with E-state index in [1.54, 1.807) is 0 Å². The quantitative estimate of drug-likeness (QED) is 0.0587. The molecule has 264 valence electrons. The van der Waals surface area contributed by atoms with Crippen LogP contribution in [0.3, 0.4) is 0 Å². The zero-order valence-electron chi connectivity index (χ0n) is 27.3. The second-order valence-electron chi connectivity index (χ2n) is 11.4. The lowest BCUT2D eigenvalue weighted by molar-refractivity contribution is -0.166. The third kappa shape index (κ3) is 18.0. The van der Waals surface area contributed by atoms with E-state index in [0.29, 0.717) is 52.8 Å². The van der Waals surface area contributed by atoms with Crippen molar-refractivity contribution in [1.82, 2.24) is 10.6 Å². The molecule has 1 heterocycles. The molecule has 0 saturated heterocycles. The number of benzene rings is 1. The lowest BCUT2D eigenvalue weighted by Crippen LogP contribution is -2.30. The molecular weight excluding hydrogens is 621 g/mol. The van der Waals surface area contributed by atoms with Crippen LogP contribution in [-0.4, -0.2) is 90.3 Å². The van der Waals surface area contributed by atoms with Crippen molar-refractivity contribution < 1.29 is 36.9 Å². The minimum Gasteiger partial charge on any atom is -0.379 e. The average molecular weight is 677 g/mol. The van der Waals surface area contributed by atoms with Gasteiger partial charge in [-0.05, 0) is 30.7 Å². The maximum absolute atomic E-state index is 13.1. The first-order valence-electron chi connectivity index (χ1n) is 16.9. The molecule has 0 unspecified atom stereocenters. The van der Waals surface area contributed by atoms with Crippen LogP contribution in [-0.2, 0) is 24.6 Å². The molecule has 1 aliphatic rings. The van der Waals surface area contributed by atoms with Gasteiger partial charge in [0, 0.05) is 37.4 Å². The number of nitrogens with zero attached hydrogens (tertiary/aromatic N) is 2. The van der Waals surface area contributed by atoms with Crippen LogP contribution in [0.15, 0.2) is 34.5 Å². The standard InChI is InChI=1S/C33H55F3N4O5S/c34-33(35,36)32(39-40-32)30-15-13-29(14-16-30)31(41)38-19-23-45-27-26-44-22-18-37-17-21-43-25-24-42-20-11-9-7-5-3-1-2-4-6-8-10-12-28-46/h13-16,37,46H,1-12,17-28H2,(H,38,41). The predicted molar refractivity (Wildman–Crippen MR) is 177 cm³/mol. The number of thiol groups is 1. The summed E-state index contributed by atoms with van der Waals surface area (Å²) in [5.74, 6) is 0.622. The van der Waals surface area contributed by atoms with Crippen LogP contribution >= 0.6 is 12.6 Å². The van der Waals surface area contributed by atoms with Crippen molar-refractivity contribution in [3.8, 4) is 0 Å². The van der Waals surface area contributed by atoms with E-state index in [-0.39, 0.29) is 17.7 Å². The molecule has 0 radical (unpaired) electrons. The molecule has 0 bridgehead atoms. The van der Waals surface area contributed by atoms with Crippen LogP contribution in [0.5, 0.6) is 0 Å². The zero-order valence-corrected chi connectivity index (χ0v) is 28.2. The number of alkyl halides is 3. The molecule has 0 spiro atoms. The van der Waals surface area contributed by atoms with Crippen LogP contribution < -0.4 is 10.6 Å². The topological polar surface area (TPSA) is 103 Å². The molecule has 0 atom stereocenters. The van der Waals surface area contributed by atoms with Gasteiger partial charge in [0.2, 0.25) is 0 Å². The summed E-state index contributed by atoms with van der Waals surface area (Å²) in [7, 11) is 0. The Bertz CT molecular complexity index is 935. The largest absolute Gasteiger partial charge is 0.442 e. The molecule has 1 aromatic carbocycles. The first-order valence-corrected chi connectivity index (χ1v) is 17.6. The highest BCUT2D eigenvalue weighted by atomic mass is 32.1. The Balaban J connectivity index is 1.25. The maximum Gasteiger partial charge on any atom is 0.442 e. The zero-order chi connectivity index (χ0) is 33.2. The Labute approximate surface area is 278 Å². The van der Waals surface area contributed by atoms with E-state index in [2.05, 4.69) is 33.5 Å². The van der Waals surface area contributed by atoms with E-state index in [1.807, 2.05) is 0 Å². The number of halogens is 3. The summed E-state index contributed by atoms with van der Waals surface area (Å²) in [4.78, 5) is 12.2. The number of hydrogen-bond donors (Lipinski definition) is 3. The molecule has 2 N–H and O–H groups in total. The minimum atomic E-state index is -4.59. The molecule has 2 rings (SSSR count). The first-order chi connectivity index (χ1) is 22.4. The van der Waals surface area contributed by atoms with Crippen LogP contribution in [0.25, 0.3) is 0 Å². The Kier molecular flexibility index (Phi) is 22.2. The predicted octanol–water partition coefficient (Wildman–Crippen LogP) is 6.86. The Hall–Kier alpha value is -1.77. The normalized spacial score (nSPS) is 13.7. The van der Waals surface area contributed by atoms with Crippen molar-refractivity contribution in [3.63, 3.8) is 0 Å². The number of carbonyl (C=O) groups excluding carboxylic acids is 1. The van der Waals surface area contributed by atoms with Crippen LogP contribution in [0.4, 0.5) is 13.2 Å². The number of rotatable bonds is 31. The summed E-state index contributed by atoms with van der Waals surface area (Å²) in [6.07, 6.45) is 11.3. The third-order valence-electron chi connectivity index (χ3n) is 7.56. The summed E-state index contributed by atoms with van der Waals surface area (Å²) < 4.78 is 61.4. The van der Waals surface area contributed by atoms with Gasteiger partial charge in [-0.25, -0.2) is 0 Å². The molecular formula is C33H55F3N4O5S. The van der Waals surface area contributed by atoms with Gasteiger partial charge in [0.1, 0.15) is 0 Å². The molecule has 0 aromatic heterocycles. The second-order valence-corrected chi connectivity index (χ2v) is 11.8. The van der Waals surface area contributed by atoms with Crippen molar-refractivity contribution in [3.05, 3.63) is 35.4 Å². The van der Waals surface area contributed by atoms with Crippen LogP contribution in [0, 0.1) is 0 Å². The SMILES string of the molecule is O=C(NCCOCCOCCNCCOCCOCCCCCCCCCCCCCCS)c1ccc(C2(C(F)(F)F)N=N2)cc1. The summed E-state index contributed by atoms with van der Waals surface area (Å²) in [6, 6.07) is 5.08. The van der Waals surface area contributed by atoms with Gasteiger partial charge in [-0.3, -0.25) is 4.79 Å². The monoisotopic (exact) mass is 676 g/mol. The van der Waals surface area contributed by atoms with Gasteiger partial charge in [0.05, 0.1) is 46.2 Å². The van der Waals surface area contributed by atoms with E-state index in [4.69, 9.17) is 18.9 Å². The number of ether oxygens (including phenoxy) is 4. The summed E-state index contributed by atoms with van der Waals surface area (Å²) in [5, 5.41) is 12.2. The molecule has 13 heteroatoms. The van der Waals surface area contributed by atoms with E-state index >= 15 is 0 Å². The Morgan fingerprint density at radius 3 is 1.52 bits per heavy atom. The molecule has 1 aromatic rings. The molecule has 9 nitrogen and oxygen atoms in total. The number of hydrogen-bond acceptors (Lipinski definition) is 9. The number of amides is 1. The van der Waals surface area contributed by atoms with Gasteiger partial charge in [-0.1, -0.05) is 76.3 Å². The fourth-order valence-electron chi connectivity index (χ4n) is 4.78. The van der Waals surface area contributed by atoms with Crippen LogP contribution in [0.2, 0.25) is 0 Å². The first kappa shape index (κ1) is 40.4. The van der Waals surface area contributed by atoms with Gasteiger partial charge < -0.3 is 29.6 Å². The van der Waals surface area contributed by atoms with Gasteiger partial charge in [-0.2, -0.15) is 25.8 Å². The van der Waals surface area contributed by atoms with Gasteiger partial charge in [-0.15, -0.1) is 10.2 Å². The molecule has 1 aliphatic heterocycles. The highest BCUT2D eigenvalue weighted by molar-refractivity contribution is 7.80. The van der Waals surface area contributed by atoms with Crippen LogP contribution in [0.1, 0.15) is 93.0 Å². The second kappa shape index (κ2) is 25.3. The minimum absolute atomic E-state index is 0.113.